The molecule has 5 aromatic rings. The molecule has 6 rings (SSSR count). The van der Waals surface area contributed by atoms with Gasteiger partial charge in [0.2, 0.25) is 9.84 Å². The van der Waals surface area contributed by atoms with Crippen molar-refractivity contribution in [1.29, 1.82) is 0 Å². The van der Waals surface area contributed by atoms with Gasteiger partial charge >= 0.3 is 0 Å². The number of nitrogens with zero attached hydrogens (tertiary/aromatic N) is 1. The summed E-state index contributed by atoms with van der Waals surface area (Å²) in [5.74, 6) is 0.717. The van der Waals surface area contributed by atoms with Gasteiger partial charge in [0.1, 0.15) is 16.3 Å². The number of hydrogen-bond donors (Lipinski definition) is 2. The Hall–Kier alpha value is -4.08. The van der Waals surface area contributed by atoms with Crippen LogP contribution in [0.1, 0.15) is 16.1 Å². The first kappa shape index (κ1) is 22.4. The van der Waals surface area contributed by atoms with Crippen molar-refractivity contribution in [2.24, 2.45) is 0 Å². The predicted molar refractivity (Wildman–Crippen MR) is 136 cm³/mol. The van der Waals surface area contributed by atoms with Crippen LogP contribution in [0.25, 0.3) is 10.9 Å². The summed E-state index contributed by atoms with van der Waals surface area (Å²) in [5, 5.41) is 3.71. The van der Waals surface area contributed by atoms with E-state index < -0.39 is 9.84 Å². The van der Waals surface area contributed by atoms with Gasteiger partial charge in [-0.1, -0.05) is 42.1 Å². The van der Waals surface area contributed by atoms with Crippen LogP contribution >= 0.6 is 11.8 Å². The minimum absolute atomic E-state index is 0.122. The minimum Gasteiger partial charge on any atom is -0.454 e. The number of nitrogens with one attached hydrogen (secondary N) is 2. The smallest absolute Gasteiger partial charge is 0.267 e. The van der Waals surface area contributed by atoms with E-state index in [2.05, 4.69) is 15.3 Å². The quantitative estimate of drug-likeness (QED) is 0.312. The summed E-state index contributed by atoms with van der Waals surface area (Å²) >= 11 is 1.48. The third-order valence-electron chi connectivity index (χ3n) is 5.87. The SMILES string of the molecule is O=C(NCc1ccc(S(=O)(=O)c2cccc3c2Oc2ccccc2S3)cc1)c1cc2cnccc2[nH]1. The van der Waals surface area contributed by atoms with Crippen LogP contribution in [0.2, 0.25) is 0 Å². The Bertz CT molecular complexity index is 1700. The van der Waals surface area contributed by atoms with Crippen LogP contribution in [-0.4, -0.2) is 24.3 Å². The molecule has 2 aromatic heterocycles. The Labute approximate surface area is 211 Å². The van der Waals surface area contributed by atoms with Gasteiger partial charge in [-0.05, 0) is 54.1 Å². The largest absolute Gasteiger partial charge is 0.454 e. The number of benzene rings is 3. The number of carbonyl (C=O) groups is 1. The molecule has 2 N–H and O–H groups in total. The van der Waals surface area contributed by atoms with Gasteiger partial charge in [0.15, 0.2) is 5.75 Å². The summed E-state index contributed by atoms with van der Waals surface area (Å²) in [5.41, 5.74) is 2.04. The number of H-pyrrole nitrogens is 1. The monoisotopic (exact) mass is 513 g/mol. The van der Waals surface area contributed by atoms with E-state index in [4.69, 9.17) is 4.74 Å². The number of para-hydroxylation sites is 2. The fourth-order valence-corrected chi connectivity index (χ4v) is 6.47. The maximum Gasteiger partial charge on any atom is 0.267 e. The topological polar surface area (TPSA) is 101 Å². The number of carbonyl (C=O) groups excluding carboxylic acids is 1. The number of aromatic amines is 1. The number of rotatable bonds is 5. The summed E-state index contributed by atoms with van der Waals surface area (Å²) < 4.78 is 33.0. The lowest BCUT2D eigenvalue weighted by molar-refractivity contribution is 0.0946. The highest BCUT2D eigenvalue weighted by Gasteiger charge is 2.28. The molecule has 1 amide bonds. The Kier molecular flexibility index (Phi) is 5.50. The Balaban J connectivity index is 1.20. The van der Waals surface area contributed by atoms with Crippen LogP contribution in [0, 0.1) is 0 Å². The molecule has 0 atom stereocenters. The first-order valence-electron chi connectivity index (χ1n) is 11.1. The van der Waals surface area contributed by atoms with E-state index in [1.165, 1.54) is 11.8 Å². The molecule has 0 saturated carbocycles. The van der Waals surface area contributed by atoms with Crippen LogP contribution in [0.5, 0.6) is 11.5 Å². The van der Waals surface area contributed by atoms with Gasteiger partial charge in [-0.25, -0.2) is 8.42 Å². The van der Waals surface area contributed by atoms with E-state index in [-0.39, 0.29) is 22.2 Å². The van der Waals surface area contributed by atoms with Gasteiger partial charge in [-0.15, -0.1) is 0 Å². The van der Waals surface area contributed by atoms with Crippen molar-refractivity contribution < 1.29 is 17.9 Å². The van der Waals surface area contributed by atoms with Gasteiger partial charge in [-0.3, -0.25) is 9.78 Å². The van der Waals surface area contributed by atoms with Gasteiger partial charge in [0.05, 0.1) is 14.7 Å². The zero-order valence-electron chi connectivity index (χ0n) is 18.8. The first-order valence-corrected chi connectivity index (χ1v) is 13.4. The van der Waals surface area contributed by atoms with Gasteiger partial charge in [0, 0.05) is 29.8 Å². The number of amides is 1. The molecule has 9 heteroatoms. The van der Waals surface area contributed by atoms with E-state index in [9.17, 15) is 13.2 Å². The van der Waals surface area contributed by atoms with Crippen molar-refractivity contribution in [2.45, 2.75) is 26.1 Å². The van der Waals surface area contributed by atoms with E-state index in [1.54, 1.807) is 60.9 Å². The van der Waals surface area contributed by atoms with E-state index in [0.717, 1.165) is 26.3 Å². The van der Waals surface area contributed by atoms with Crippen LogP contribution in [0.3, 0.4) is 0 Å². The van der Waals surface area contributed by atoms with Crippen molar-refractivity contribution in [2.75, 3.05) is 0 Å². The summed E-state index contributed by atoms with van der Waals surface area (Å²) in [6, 6.07) is 22.7. The number of hydrogen-bond acceptors (Lipinski definition) is 6. The zero-order valence-corrected chi connectivity index (χ0v) is 20.4. The van der Waals surface area contributed by atoms with Gasteiger partial charge < -0.3 is 15.0 Å². The number of fused-ring (bicyclic) bond motifs is 3. The zero-order chi connectivity index (χ0) is 24.7. The Morgan fingerprint density at radius 2 is 1.78 bits per heavy atom. The minimum atomic E-state index is -3.83. The van der Waals surface area contributed by atoms with Crippen LogP contribution in [-0.2, 0) is 16.4 Å². The average molecular weight is 514 g/mol. The lowest BCUT2D eigenvalue weighted by Gasteiger charge is -2.21. The number of aromatic nitrogens is 2. The van der Waals surface area contributed by atoms with Crippen molar-refractivity contribution in [3.63, 3.8) is 0 Å². The van der Waals surface area contributed by atoms with Crippen molar-refractivity contribution >= 4 is 38.4 Å². The number of pyridine rings is 1. The predicted octanol–water partition coefficient (Wildman–Crippen LogP) is 5.58. The molecular weight excluding hydrogens is 494 g/mol. The normalized spacial score (nSPS) is 12.4. The highest BCUT2D eigenvalue weighted by Crippen LogP contribution is 2.49. The Morgan fingerprint density at radius 1 is 0.972 bits per heavy atom. The fraction of sp³-hybridized carbons (Fsp3) is 0.0370. The summed E-state index contributed by atoms with van der Waals surface area (Å²) in [7, 11) is -3.83. The van der Waals surface area contributed by atoms with Crippen LogP contribution in [0.15, 0.2) is 111 Å². The third kappa shape index (κ3) is 4.02. The molecule has 36 heavy (non-hydrogen) atoms. The molecule has 3 heterocycles. The van der Waals surface area contributed by atoms with Gasteiger partial charge in [-0.2, -0.15) is 0 Å². The molecule has 0 aliphatic carbocycles. The molecule has 0 bridgehead atoms. The lowest BCUT2D eigenvalue weighted by Crippen LogP contribution is -2.23. The second-order valence-corrected chi connectivity index (χ2v) is 11.2. The summed E-state index contributed by atoms with van der Waals surface area (Å²) in [6.07, 6.45) is 3.35. The number of ether oxygens (including phenoxy) is 1. The molecule has 0 radical (unpaired) electrons. The molecule has 178 valence electrons. The maximum atomic E-state index is 13.5. The van der Waals surface area contributed by atoms with E-state index >= 15 is 0 Å². The summed E-state index contributed by atoms with van der Waals surface area (Å²) in [4.78, 5) is 21.6. The van der Waals surface area contributed by atoms with Crippen LogP contribution in [0.4, 0.5) is 0 Å². The lowest BCUT2D eigenvalue weighted by atomic mass is 10.2. The Morgan fingerprint density at radius 3 is 2.61 bits per heavy atom. The maximum absolute atomic E-state index is 13.5. The van der Waals surface area contributed by atoms with Crippen LogP contribution < -0.4 is 10.1 Å². The second kappa shape index (κ2) is 8.85. The second-order valence-electron chi connectivity index (χ2n) is 8.21. The van der Waals surface area contributed by atoms with E-state index in [0.29, 0.717) is 17.2 Å². The molecule has 0 spiro atoms. The summed E-state index contributed by atoms with van der Waals surface area (Å²) in [6.45, 7) is 0.254. The molecule has 1 aliphatic heterocycles. The molecular formula is C27H19N3O4S2. The molecule has 3 aromatic carbocycles. The first-order chi connectivity index (χ1) is 17.5. The molecule has 0 fully saturated rings. The van der Waals surface area contributed by atoms with Crippen molar-refractivity contribution in [3.8, 4) is 11.5 Å². The van der Waals surface area contributed by atoms with Crippen molar-refractivity contribution in [3.05, 3.63) is 103 Å². The average Bonchev–Trinajstić information content (AvgIpc) is 3.35. The fourth-order valence-electron chi connectivity index (χ4n) is 4.02. The standard InChI is InChI=1S/C27H19N3O4S2/c31-27(21-14-18-16-28-13-12-20(18)30-21)29-15-17-8-10-19(11-9-17)36(32,33)25-7-3-6-24-26(25)34-22-4-1-2-5-23(22)35-24/h1-14,16,30H,15H2,(H,29,31). The molecule has 0 unspecified atom stereocenters. The molecule has 0 saturated heterocycles. The highest BCUT2D eigenvalue weighted by molar-refractivity contribution is 7.99. The van der Waals surface area contributed by atoms with E-state index in [1.807, 2.05) is 30.3 Å². The van der Waals surface area contributed by atoms with Gasteiger partial charge in [0.25, 0.3) is 5.91 Å². The highest BCUT2D eigenvalue weighted by atomic mass is 32.2. The number of sulfone groups is 1. The van der Waals surface area contributed by atoms with Crippen molar-refractivity contribution in [1.82, 2.24) is 15.3 Å². The molecule has 1 aliphatic rings. The molecule has 7 nitrogen and oxygen atoms in total. The third-order valence-corrected chi connectivity index (χ3v) is 8.76.